The van der Waals surface area contributed by atoms with Crippen molar-refractivity contribution in [2.24, 2.45) is 0 Å². The summed E-state index contributed by atoms with van der Waals surface area (Å²) in [5, 5.41) is 0. The summed E-state index contributed by atoms with van der Waals surface area (Å²) in [6, 6.07) is 24.6. The zero-order valence-electron chi connectivity index (χ0n) is 18.6. The van der Waals surface area contributed by atoms with E-state index in [1.165, 1.54) is 32.4 Å². The maximum atomic E-state index is 13.4. The number of piperidine rings is 1. The lowest BCUT2D eigenvalue weighted by atomic mass is 10.1. The summed E-state index contributed by atoms with van der Waals surface area (Å²) in [6.45, 7) is 3.96. The van der Waals surface area contributed by atoms with Crippen molar-refractivity contribution >= 4 is 17.3 Å². The molecule has 5 nitrogen and oxygen atoms in total. The maximum absolute atomic E-state index is 13.4. The third-order valence-electron chi connectivity index (χ3n) is 5.77. The molecule has 0 saturated carbocycles. The van der Waals surface area contributed by atoms with Crippen LogP contribution in [0.2, 0.25) is 0 Å². The number of para-hydroxylation sites is 1. The van der Waals surface area contributed by atoms with Crippen LogP contribution in [0.15, 0.2) is 78.9 Å². The zero-order valence-corrected chi connectivity index (χ0v) is 18.6. The second-order valence-corrected chi connectivity index (χ2v) is 7.95. The predicted octanol–water partition coefficient (Wildman–Crippen LogP) is 5.54. The molecule has 0 N–H and O–H groups in total. The Morgan fingerprint density at radius 1 is 0.812 bits per heavy atom. The van der Waals surface area contributed by atoms with Gasteiger partial charge in [-0.2, -0.15) is 0 Å². The molecule has 4 rings (SSSR count). The topological polar surface area (TPSA) is 42.0 Å². The summed E-state index contributed by atoms with van der Waals surface area (Å²) in [5.41, 5.74) is 2.20. The zero-order chi connectivity index (χ0) is 22.2. The normalized spacial score (nSPS) is 14.0. The Kier molecular flexibility index (Phi) is 7.41. The van der Waals surface area contributed by atoms with Gasteiger partial charge in [-0.05, 0) is 86.6 Å². The first-order chi connectivity index (χ1) is 15.7. The van der Waals surface area contributed by atoms with Crippen molar-refractivity contribution in [1.29, 1.82) is 0 Å². The number of benzene rings is 3. The van der Waals surface area contributed by atoms with Gasteiger partial charge < -0.3 is 9.47 Å². The lowest BCUT2D eigenvalue weighted by molar-refractivity contribution is 0.0999. The smallest absolute Gasteiger partial charge is 0.262 e. The molecule has 0 aromatic heterocycles. The minimum Gasteiger partial charge on any atom is -0.497 e. The Morgan fingerprint density at radius 2 is 1.44 bits per heavy atom. The van der Waals surface area contributed by atoms with Gasteiger partial charge in [0.2, 0.25) is 0 Å². The molecule has 32 heavy (non-hydrogen) atoms. The molecule has 0 spiro atoms. The number of methoxy groups -OCH3 is 1. The molecule has 166 valence electrons. The lowest BCUT2D eigenvalue weighted by Crippen LogP contribution is -2.33. The fourth-order valence-corrected chi connectivity index (χ4v) is 3.99. The first kappa shape index (κ1) is 21.9. The molecule has 0 aliphatic carbocycles. The van der Waals surface area contributed by atoms with Gasteiger partial charge in [-0.3, -0.25) is 14.6 Å². The minimum atomic E-state index is -0.0994. The van der Waals surface area contributed by atoms with Crippen LogP contribution in [0.3, 0.4) is 0 Å². The van der Waals surface area contributed by atoms with Crippen molar-refractivity contribution < 1.29 is 14.3 Å². The van der Waals surface area contributed by atoms with Gasteiger partial charge in [0.05, 0.1) is 7.11 Å². The van der Waals surface area contributed by atoms with E-state index < -0.39 is 0 Å². The van der Waals surface area contributed by atoms with E-state index in [1.807, 2.05) is 54.6 Å². The fourth-order valence-electron chi connectivity index (χ4n) is 3.99. The fraction of sp³-hybridized carbons (Fsp3) is 0.296. The Hall–Kier alpha value is -3.31. The molecule has 1 heterocycles. The molecule has 1 fully saturated rings. The van der Waals surface area contributed by atoms with Gasteiger partial charge in [-0.15, -0.1) is 0 Å². The van der Waals surface area contributed by atoms with E-state index in [0.29, 0.717) is 12.2 Å². The SMILES string of the molecule is COc1ccc(C(=O)N(c2ccccc2)c2ccc(OCCN3CCCCC3)cc2)cc1. The van der Waals surface area contributed by atoms with Gasteiger partial charge in [0.1, 0.15) is 18.1 Å². The quantitative estimate of drug-likeness (QED) is 0.471. The summed E-state index contributed by atoms with van der Waals surface area (Å²) in [4.78, 5) is 17.6. The monoisotopic (exact) mass is 430 g/mol. The van der Waals surface area contributed by atoms with Gasteiger partial charge in [0.25, 0.3) is 5.91 Å². The van der Waals surface area contributed by atoms with Crippen LogP contribution in [0, 0.1) is 0 Å². The molecule has 1 aliphatic rings. The van der Waals surface area contributed by atoms with E-state index in [-0.39, 0.29) is 5.91 Å². The first-order valence-electron chi connectivity index (χ1n) is 11.2. The lowest BCUT2D eigenvalue weighted by Gasteiger charge is -2.26. The molecule has 1 saturated heterocycles. The Balaban J connectivity index is 1.49. The van der Waals surface area contributed by atoms with Gasteiger partial charge in [0.15, 0.2) is 0 Å². The van der Waals surface area contributed by atoms with Crippen LogP contribution in [-0.2, 0) is 0 Å². The van der Waals surface area contributed by atoms with Crippen molar-refractivity contribution in [2.75, 3.05) is 38.3 Å². The van der Waals surface area contributed by atoms with Crippen LogP contribution in [-0.4, -0.2) is 44.2 Å². The second-order valence-electron chi connectivity index (χ2n) is 7.95. The first-order valence-corrected chi connectivity index (χ1v) is 11.2. The molecule has 0 unspecified atom stereocenters. The molecule has 0 radical (unpaired) electrons. The third-order valence-corrected chi connectivity index (χ3v) is 5.77. The number of anilines is 2. The number of carbonyl (C=O) groups excluding carboxylic acids is 1. The highest BCUT2D eigenvalue weighted by Crippen LogP contribution is 2.29. The molecular formula is C27H30N2O3. The molecule has 1 aliphatic heterocycles. The van der Waals surface area contributed by atoms with Crippen LogP contribution < -0.4 is 14.4 Å². The molecule has 3 aromatic carbocycles. The maximum Gasteiger partial charge on any atom is 0.262 e. The van der Waals surface area contributed by atoms with Crippen LogP contribution in [0.25, 0.3) is 0 Å². The second kappa shape index (κ2) is 10.8. The number of hydrogen-bond acceptors (Lipinski definition) is 4. The van der Waals surface area contributed by atoms with Crippen LogP contribution >= 0.6 is 0 Å². The molecule has 0 bridgehead atoms. The van der Waals surface area contributed by atoms with Gasteiger partial charge >= 0.3 is 0 Å². The van der Waals surface area contributed by atoms with E-state index >= 15 is 0 Å². The summed E-state index contributed by atoms with van der Waals surface area (Å²) >= 11 is 0. The van der Waals surface area contributed by atoms with Crippen LogP contribution in [0.5, 0.6) is 11.5 Å². The molecule has 1 amide bonds. The number of ether oxygens (including phenoxy) is 2. The summed E-state index contributed by atoms with van der Waals surface area (Å²) in [5.74, 6) is 1.44. The average molecular weight is 431 g/mol. The highest BCUT2D eigenvalue weighted by Gasteiger charge is 2.20. The third kappa shape index (κ3) is 5.48. The number of amides is 1. The van der Waals surface area contributed by atoms with E-state index in [0.717, 1.165) is 29.4 Å². The molecular weight excluding hydrogens is 400 g/mol. The summed E-state index contributed by atoms with van der Waals surface area (Å²) in [6.07, 6.45) is 3.91. The van der Waals surface area contributed by atoms with E-state index in [9.17, 15) is 4.79 Å². The highest BCUT2D eigenvalue weighted by molar-refractivity contribution is 6.10. The number of nitrogens with zero attached hydrogens (tertiary/aromatic N) is 2. The van der Waals surface area contributed by atoms with Crippen molar-refractivity contribution in [3.63, 3.8) is 0 Å². The van der Waals surface area contributed by atoms with Gasteiger partial charge in [0, 0.05) is 23.5 Å². The van der Waals surface area contributed by atoms with Gasteiger partial charge in [-0.25, -0.2) is 0 Å². The van der Waals surface area contributed by atoms with Crippen molar-refractivity contribution in [1.82, 2.24) is 4.90 Å². The largest absolute Gasteiger partial charge is 0.497 e. The highest BCUT2D eigenvalue weighted by atomic mass is 16.5. The molecule has 3 aromatic rings. The Morgan fingerprint density at radius 3 is 2.09 bits per heavy atom. The van der Waals surface area contributed by atoms with Gasteiger partial charge in [-0.1, -0.05) is 24.6 Å². The van der Waals surface area contributed by atoms with E-state index in [2.05, 4.69) is 4.90 Å². The predicted molar refractivity (Wildman–Crippen MR) is 128 cm³/mol. The summed E-state index contributed by atoms with van der Waals surface area (Å²) in [7, 11) is 1.61. The van der Waals surface area contributed by atoms with Crippen LogP contribution in [0.4, 0.5) is 11.4 Å². The number of likely N-dealkylation sites (tertiary alicyclic amines) is 1. The van der Waals surface area contributed by atoms with Crippen molar-refractivity contribution in [3.8, 4) is 11.5 Å². The number of hydrogen-bond donors (Lipinski definition) is 0. The standard InChI is InChI=1S/C27H30N2O3/c1-31-25-14-10-22(11-15-25)27(30)29(23-8-4-2-5-9-23)24-12-16-26(17-13-24)32-21-20-28-18-6-3-7-19-28/h2,4-5,8-17H,3,6-7,18-21H2,1H3. The molecule has 0 atom stereocenters. The van der Waals surface area contributed by atoms with Crippen molar-refractivity contribution in [3.05, 3.63) is 84.4 Å². The summed E-state index contributed by atoms with van der Waals surface area (Å²) < 4.78 is 11.2. The average Bonchev–Trinajstić information content (AvgIpc) is 2.86. The Bertz CT molecular complexity index is 982. The Labute approximate surface area is 190 Å². The molecule has 5 heteroatoms. The van der Waals surface area contributed by atoms with E-state index in [4.69, 9.17) is 9.47 Å². The number of rotatable bonds is 8. The van der Waals surface area contributed by atoms with E-state index in [1.54, 1.807) is 36.3 Å². The van der Waals surface area contributed by atoms with Crippen molar-refractivity contribution in [2.45, 2.75) is 19.3 Å². The number of carbonyl (C=O) groups is 1. The van der Waals surface area contributed by atoms with Crippen LogP contribution in [0.1, 0.15) is 29.6 Å². The minimum absolute atomic E-state index is 0.0994.